The van der Waals surface area contributed by atoms with Gasteiger partial charge in [-0.25, -0.2) is 0 Å². The van der Waals surface area contributed by atoms with E-state index in [0.29, 0.717) is 28.9 Å². The maximum absolute atomic E-state index is 12.7. The first-order valence-electron chi connectivity index (χ1n) is 9.05. The molecule has 0 spiro atoms. The Morgan fingerprint density at radius 2 is 1.50 bits per heavy atom. The Morgan fingerprint density at radius 1 is 0.821 bits per heavy atom. The molecule has 0 radical (unpaired) electrons. The Kier molecular flexibility index (Phi) is 6.19. The zero-order chi connectivity index (χ0) is 19.9. The van der Waals surface area contributed by atoms with Crippen molar-refractivity contribution >= 4 is 23.2 Å². The van der Waals surface area contributed by atoms with Gasteiger partial charge in [0.2, 0.25) is 0 Å². The Hall–Kier alpha value is -3.44. The van der Waals surface area contributed by atoms with Gasteiger partial charge in [-0.05, 0) is 55.3 Å². The molecule has 5 heteroatoms. The van der Waals surface area contributed by atoms with Crippen molar-refractivity contribution in [3.05, 3.63) is 95.1 Å². The summed E-state index contributed by atoms with van der Waals surface area (Å²) in [7, 11) is 0. The van der Waals surface area contributed by atoms with E-state index < -0.39 is 0 Å². The number of hydrogen-bond donors (Lipinski definition) is 3. The maximum atomic E-state index is 12.7. The molecule has 0 heterocycles. The zero-order valence-corrected chi connectivity index (χ0v) is 15.6. The minimum atomic E-state index is -0.310. The van der Waals surface area contributed by atoms with Gasteiger partial charge in [0.15, 0.2) is 0 Å². The van der Waals surface area contributed by atoms with Crippen LogP contribution in [0.2, 0.25) is 0 Å². The van der Waals surface area contributed by atoms with Gasteiger partial charge in [-0.1, -0.05) is 42.0 Å². The van der Waals surface area contributed by atoms with Gasteiger partial charge in [-0.2, -0.15) is 0 Å². The van der Waals surface area contributed by atoms with E-state index >= 15 is 0 Å². The molecule has 3 N–H and O–H groups in total. The molecule has 0 aliphatic carbocycles. The summed E-state index contributed by atoms with van der Waals surface area (Å²) in [5.41, 5.74) is 4.06. The van der Waals surface area contributed by atoms with Crippen LogP contribution in [-0.4, -0.2) is 23.5 Å². The first-order chi connectivity index (χ1) is 13.6. The summed E-state index contributed by atoms with van der Waals surface area (Å²) in [6.07, 6.45) is 0.572. The van der Waals surface area contributed by atoms with E-state index in [-0.39, 0.29) is 18.4 Å². The van der Waals surface area contributed by atoms with Crippen LogP contribution in [0.15, 0.2) is 72.8 Å². The first kappa shape index (κ1) is 19.3. The van der Waals surface area contributed by atoms with Crippen molar-refractivity contribution in [1.29, 1.82) is 0 Å². The SMILES string of the molecule is Cc1ccc(C(=O)Nc2ccccc2C(=O)Nc2ccc(CCO)cc2)cc1. The monoisotopic (exact) mass is 374 g/mol. The second kappa shape index (κ2) is 8.97. The third-order valence-electron chi connectivity index (χ3n) is 4.35. The summed E-state index contributed by atoms with van der Waals surface area (Å²) in [5, 5.41) is 14.6. The predicted octanol–water partition coefficient (Wildman–Crippen LogP) is 4.03. The molecule has 0 aromatic heterocycles. The van der Waals surface area contributed by atoms with Crippen molar-refractivity contribution in [3.8, 4) is 0 Å². The summed E-state index contributed by atoms with van der Waals surface area (Å²) in [6.45, 7) is 2.04. The molecule has 28 heavy (non-hydrogen) atoms. The highest BCUT2D eigenvalue weighted by molar-refractivity contribution is 6.12. The standard InChI is InChI=1S/C23H22N2O3/c1-16-6-10-18(11-7-16)22(27)25-21-5-3-2-4-20(21)23(28)24-19-12-8-17(9-13-19)14-15-26/h2-13,26H,14-15H2,1H3,(H,24,28)(H,25,27). The summed E-state index contributed by atoms with van der Waals surface area (Å²) in [5.74, 6) is -0.580. The topological polar surface area (TPSA) is 78.4 Å². The van der Waals surface area contributed by atoms with Crippen molar-refractivity contribution in [2.75, 3.05) is 17.2 Å². The van der Waals surface area contributed by atoms with E-state index in [4.69, 9.17) is 5.11 Å². The van der Waals surface area contributed by atoms with Crippen LogP contribution in [0.3, 0.4) is 0 Å². The Balaban J connectivity index is 1.74. The number of carbonyl (C=O) groups excluding carboxylic acids is 2. The first-order valence-corrected chi connectivity index (χ1v) is 9.05. The van der Waals surface area contributed by atoms with E-state index in [1.807, 2.05) is 31.2 Å². The Labute approximate surface area is 164 Å². The Bertz CT molecular complexity index is 964. The molecular formula is C23H22N2O3. The molecule has 0 atom stereocenters. The van der Waals surface area contributed by atoms with Crippen molar-refractivity contribution in [3.63, 3.8) is 0 Å². The lowest BCUT2D eigenvalue weighted by Gasteiger charge is -2.12. The van der Waals surface area contributed by atoms with Gasteiger partial charge < -0.3 is 15.7 Å². The van der Waals surface area contributed by atoms with Gasteiger partial charge in [0.1, 0.15) is 0 Å². The molecule has 3 aromatic carbocycles. The molecule has 0 aliphatic rings. The molecule has 3 rings (SSSR count). The molecule has 0 saturated heterocycles. The fraction of sp³-hybridized carbons (Fsp3) is 0.130. The highest BCUT2D eigenvalue weighted by Crippen LogP contribution is 2.19. The normalized spacial score (nSPS) is 10.4. The van der Waals surface area contributed by atoms with Crippen molar-refractivity contribution in [1.82, 2.24) is 0 Å². The lowest BCUT2D eigenvalue weighted by Crippen LogP contribution is -2.18. The quantitative estimate of drug-likeness (QED) is 0.609. The second-order valence-corrected chi connectivity index (χ2v) is 6.49. The molecule has 0 unspecified atom stereocenters. The number of aliphatic hydroxyl groups is 1. The molecule has 3 aromatic rings. The van der Waals surface area contributed by atoms with E-state index in [2.05, 4.69) is 10.6 Å². The van der Waals surface area contributed by atoms with Crippen molar-refractivity contribution < 1.29 is 14.7 Å². The maximum Gasteiger partial charge on any atom is 0.257 e. The molecule has 2 amide bonds. The van der Waals surface area contributed by atoms with Crippen LogP contribution < -0.4 is 10.6 Å². The fourth-order valence-corrected chi connectivity index (χ4v) is 2.77. The number of para-hydroxylation sites is 1. The number of rotatable bonds is 6. The van der Waals surface area contributed by atoms with Crippen LogP contribution >= 0.6 is 0 Å². The molecule has 5 nitrogen and oxygen atoms in total. The van der Waals surface area contributed by atoms with Gasteiger partial charge in [0, 0.05) is 17.9 Å². The number of benzene rings is 3. The van der Waals surface area contributed by atoms with E-state index in [9.17, 15) is 9.59 Å². The highest BCUT2D eigenvalue weighted by Gasteiger charge is 2.14. The Morgan fingerprint density at radius 3 is 2.18 bits per heavy atom. The van der Waals surface area contributed by atoms with Gasteiger partial charge in [0.25, 0.3) is 11.8 Å². The molecule has 0 bridgehead atoms. The van der Waals surface area contributed by atoms with Gasteiger partial charge in [-0.15, -0.1) is 0 Å². The van der Waals surface area contributed by atoms with E-state index in [1.54, 1.807) is 48.5 Å². The number of anilines is 2. The van der Waals surface area contributed by atoms with Crippen LogP contribution in [0, 0.1) is 6.92 Å². The van der Waals surface area contributed by atoms with Crippen molar-refractivity contribution in [2.45, 2.75) is 13.3 Å². The minimum Gasteiger partial charge on any atom is -0.396 e. The zero-order valence-electron chi connectivity index (χ0n) is 15.6. The van der Waals surface area contributed by atoms with Gasteiger partial charge >= 0.3 is 0 Å². The number of nitrogens with one attached hydrogen (secondary N) is 2. The summed E-state index contributed by atoms with van der Waals surface area (Å²) >= 11 is 0. The molecular weight excluding hydrogens is 352 g/mol. The van der Waals surface area contributed by atoms with Crippen LogP contribution in [0.4, 0.5) is 11.4 Å². The van der Waals surface area contributed by atoms with Gasteiger partial charge in [0.05, 0.1) is 11.3 Å². The van der Waals surface area contributed by atoms with Crippen LogP contribution in [-0.2, 0) is 6.42 Å². The van der Waals surface area contributed by atoms with E-state index in [0.717, 1.165) is 11.1 Å². The largest absolute Gasteiger partial charge is 0.396 e. The van der Waals surface area contributed by atoms with Gasteiger partial charge in [-0.3, -0.25) is 9.59 Å². The average Bonchev–Trinajstić information content (AvgIpc) is 2.70. The molecule has 0 aliphatic heterocycles. The van der Waals surface area contributed by atoms with E-state index in [1.165, 1.54) is 0 Å². The number of hydrogen-bond acceptors (Lipinski definition) is 3. The third kappa shape index (κ3) is 4.84. The second-order valence-electron chi connectivity index (χ2n) is 6.49. The number of aryl methyl sites for hydroxylation is 1. The molecule has 0 fully saturated rings. The smallest absolute Gasteiger partial charge is 0.257 e. The summed E-state index contributed by atoms with van der Waals surface area (Å²) in [4.78, 5) is 25.2. The average molecular weight is 374 g/mol. The van der Waals surface area contributed by atoms with Crippen molar-refractivity contribution in [2.24, 2.45) is 0 Å². The van der Waals surface area contributed by atoms with Crippen LogP contribution in [0.1, 0.15) is 31.8 Å². The minimum absolute atomic E-state index is 0.0831. The fourth-order valence-electron chi connectivity index (χ4n) is 2.77. The summed E-state index contributed by atoms with van der Waals surface area (Å²) in [6, 6.07) is 21.4. The number of carbonyl (C=O) groups is 2. The third-order valence-corrected chi connectivity index (χ3v) is 4.35. The predicted molar refractivity (Wildman–Crippen MR) is 111 cm³/mol. The lowest BCUT2D eigenvalue weighted by atomic mass is 10.1. The van der Waals surface area contributed by atoms with Crippen LogP contribution in [0.25, 0.3) is 0 Å². The number of aliphatic hydroxyl groups excluding tert-OH is 1. The molecule has 142 valence electrons. The molecule has 0 saturated carbocycles. The van der Waals surface area contributed by atoms with Crippen LogP contribution in [0.5, 0.6) is 0 Å². The lowest BCUT2D eigenvalue weighted by molar-refractivity contribution is 0.102. The highest BCUT2D eigenvalue weighted by atomic mass is 16.3. The summed E-state index contributed by atoms with van der Waals surface area (Å²) < 4.78 is 0. The number of amides is 2.